The SMILES string of the molecule is CCc1ccccc1NC(=O)[C@H]1CCCN(S(=O)(=O)c2cc(OC)ccc2OC)C1. The van der Waals surface area contributed by atoms with E-state index in [9.17, 15) is 13.2 Å². The number of aryl methyl sites for hydroxylation is 1. The fourth-order valence-electron chi connectivity index (χ4n) is 3.68. The van der Waals surface area contributed by atoms with Crippen molar-refractivity contribution in [3.63, 3.8) is 0 Å². The van der Waals surface area contributed by atoms with Crippen molar-refractivity contribution in [1.29, 1.82) is 0 Å². The number of hydrogen-bond acceptors (Lipinski definition) is 5. The second-order valence-electron chi connectivity index (χ2n) is 7.22. The number of sulfonamides is 1. The maximum absolute atomic E-state index is 13.3. The quantitative estimate of drug-likeness (QED) is 0.726. The lowest BCUT2D eigenvalue weighted by Gasteiger charge is -2.31. The van der Waals surface area contributed by atoms with Gasteiger partial charge in [0.1, 0.15) is 16.4 Å². The average Bonchev–Trinajstić information content (AvgIpc) is 2.79. The lowest BCUT2D eigenvalue weighted by Crippen LogP contribution is -2.43. The highest BCUT2D eigenvalue weighted by Crippen LogP contribution is 2.33. The smallest absolute Gasteiger partial charge is 0.246 e. The number of methoxy groups -OCH3 is 2. The number of rotatable bonds is 7. The van der Waals surface area contributed by atoms with Crippen LogP contribution in [0, 0.1) is 5.92 Å². The molecule has 0 bridgehead atoms. The molecule has 0 unspecified atom stereocenters. The predicted octanol–water partition coefficient (Wildman–Crippen LogP) is 3.31. The van der Waals surface area contributed by atoms with Gasteiger partial charge in [0.05, 0.1) is 20.1 Å². The average molecular weight is 433 g/mol. The van der Waals surface area contributed by atoms with Crippen LogP contribution in [0.5, 0.6) is 11.5 Å². The molecule has 1 amide bonds. The lowest BCUT2D eigenvalue weighted by atomic mass is 9.98. The van der Waals surface area contributed by atoms with Gasteiger partial charge in [0.15, 0.2) is 0 Å². The minimum absolute atomic E-state index is 0.0433. The Morgan fingerprint density at radius 3 is 2.63 bits per heavy atom. The van der Waals surface area contributed by atoms with Crippen molar-refractivity contribution < 1.29 is 22.7 Å². The molecule has 1 heterocycles. The fraction of sp³-hybridized carbons (Fsp3) is 0.409. The summed E-state index contributed by atoms with van der Waals surface area (Å²) in [5, 5.41) is 2.98. The van der Waals surface area contributed by atoms with Crippen molar-refractivity contribution in [2.75, 3.05) is 32.6 Å². The number of nitrogens with zero attached hydrogens (tertiary/aromatic N) is 1. The molecule has 0 aromatic heterocycles. The maximum atomic E-state index is 13.3. The lowest BCUT2D eigenvalue weighted by molar-refractivity contribution is -0.120. The number of hydrogen-bond donors (Lipinski definition) is 1. The first kappa shape index (κ1) is 22.1. The Morgan fingerprint density at radius 1 is 1.17 bits per heavy atom. The Kier molecular flexibility index (Phi) is 6.99. The van der Waals surface area contributed by atoms with Crippen molar-refractivity contribution in [2.45, 2.75) is 31.1 Å². The van der Waals surface area contributed by atoms with Crippen molar-refractivity contribution in [2.24, 2.45) is 5.92 Å². The topological polar surface area (TPSA) is 84.9 Å². The van der Waals surface area contributed by atoms with Gasteiger partial charge in [-0.05, 0) is 43.0 Å². The number of anilines is 1. The van der Waals surface area contributed by atoms with E-state index in [-0.39, 0.29) is 23.1 Å². The normalized spacial score (nSPS) is 17.4. The third-order valence-electron chi connectivity index (χ3n) is 5.40. The van der Waals surface area contributed by atoms with Gasteiger partial charge in [-0.15, -0.1) is 0 Å². The zero-order valence-electron chi connectivity index (χ0n) is 17.6. The molecular formula is C22H28N2O5S. The zero-order chi connectivity index (χ0) is 21.7. The van der Waals surface area contributed by atoms with Crippen LogP contribution >= 0.6 is 0 Å². The van der Waals surface area contributed by atoms with Gasteiger partial charge in [0.2, 0.25) is 15.9 Å². The molecule has 7 nitrogen and oxygen atoms in total. The number of carbonyl (C=O) groups is 1. The molecule has 1 aliphatic heterocycles. The van der Waals surface area contributed by atoms with E-state index in [1.54, 1.807) is 12.1 Å². The summed E-state index contributed by atoms with van der Waals surface area (Å²) in [6.07, 6.45) is 2.05. The summed E-state index contributed by atoms with van der Waals surface area (Å²) in [5.74, 6) is 0.0968. The van der Waals surface area contributed by atoms with Gasteiger partial charge >= 0.3 is 0 Å². The van der Waals surface area contributed by atoms with Gasteiger partial charge in [0.25, 0.3) is 0 Å². The standard InChI is InChI=1S/C22H28N2O5S/c1-4-16-8-5-6-10-19(16)23-22(25)17-9-7-13-24(15-17)30(26,27)21-14-18(28-2)11-12-20(21)29-3/h5-6,8,10-12,14,17H,4,7,9,13,15H2,1-3H3,(H,23,25)/t17-/m0/s1. The Morgan fingerprint density at radius 2 is 1.93 bits per heavy atom. The van der Waals surface area contributed by atoms with E-state index in [4.69, 9.17) is 9.47 Å². The molecule has 1 N–H and O–H groups in total. The van der Waals surface area contributed by atoms with Gasteiger partial charge in [-0.2, -0.15) is 4.31 Å². The van der Waals surface area contributed by atoms with Crippen LogP contribution < -0.4 is 14.8 Å². The van der Waals surface area contributed by atoms with Gasteiger partial charge < -0.3 is 14.8 Å². The molecule has 2 aromatic rings. The molecule has 1 saturated heterocycles. The highest BCUT2D eigenvalue weighted by Gasteiger charge is 2.35. The van der Waals surface area contributed by atoms with Crippen LogP contribution in [0.4, 0.5) is 5.69 Å². The van der Waals surface area contributed by atoms with Gasteiger partial charge in [-0.3, -0.25) is 4.79 Å². The van der Waals surface area contributed by atoms with E-state index in [1.165, 1.54) is 24.6 Å². The van der Waals surface area contributed by atoms with E-state index in [1.807, 2.05) is 31.2 Å². The van der Waals surface area contributed by atoms with E-state index < -0.39 is 15.9 Å². The van der Waals surface area contributed by atoms with Crippen LogP contribution in [-0.2, 0) is 21.2 Å². The van der Waals surface area contributed by atoms with E-state index in [2.05, 4.69) is 5.32 Å². The first-order chi connectivity index (χ1) is 14.4. The number of piperidine rings is 1. The molecule has 1 aliphatic rings. The minimum atomic E-state index is -3.84. The van der Waals surface area contributed by atoms with Crippen LogP contribution in [0.15, 0.2) is 47.4 Å². The Hall–Kier alpha value is -2.58. The molecule has 2 aromatic carbocycles. The minimum Gasteiger partial charge on any atom is -0.497 e. The summed E-state index contributed by atoms with van der Waals surface area (Å²) in [6, 6.07) is 12.3. The summed E-state index contributed by atoms with van der Waals surface area (Å²) in [4.78, 5) is 12.9. The molecule has 0 saturated carbocycles. The summed E-state index contributed by atoms with van der Waals surface area (Å²) >= 11 is 0. The molecule has 0 radical (unpaired) electrons. The molecule has 1 atom stereocenters. The van der Waals surface area contributed by atoms with Crippen LogP contribution in [0.2, 0.25) is 0 Å². The number of amides is 1. The molecule has 0 aliphatic carbocycles. The third-order valence-corrected chi connectivity index (χ3v) is 7.29. The third kappa shape index (κ3) is 4.60. The summed E-state index contributed by atoms with van der Waals surface area (Å²) in [6.45, 7) is 2.52. The summed E-state index contributed by atoms with van der Waals surface area (Å²) in [7, 11) is -0.932. The van der Waals surface area contributed by atoms with Gasteiger partial charge in [-0.1, -0.05) is 25.1 Å². The predicted molar refractivity (Wildman–Crippen MR) is 115 cm³/mol. The Balaban J connectivity index is 1.81. The zero-order valence-corrected chi connectivity index (χ0v) is 18.4. The molecular weight excluding hydrogens is 404 g/mol. The molecule has 1 fully saturated rings. The van der Waals surface area contributed by atoms with Crippen molar-refractivity contribution >= 4 is 21.6 Å². The second-order valence-corrected chi connectivity index (χ2v) is 9.13. The van der Waals surface area contributed by atoms with Crippen LogP contribution in [0.25, 0.3) is 0 Å². The number of nitrogens with one attached hydrogen (secondary N) is 1. The summed E-state index contributed by atoms with van der Waals surface area (Å²) < 4.78 is 38.4. The molecule has 0 spiro atoms. The summed E-state index contributed by atoms with van der Waals surface area (Å²) in [5.41, 5.74) is 1.83. The number of carbonyl (C=O) groups excluding carboxylic acids is 1. The first-order valence-electron chi connectivity index (χ1n) is 10.0. The largest absolute Gasteiger partial charge is 0.497 e. The van der Waals surface area contributed by atoms with Crippen LogP contribution in [0.1, 0.15) is 25.3 Å². The second kappa shape index (κ2) is 9.49. The monoisotopic (exact) mass is 432 g/mol. The van der Waals surface area contributed by atoms with Gasteiger partial charge in [0, 0.05) is 24.8 Å². The van der Waals surface area contributed by atoms with Crippen molar-refractivity contribution in [1.82, 2.24) is 4.31 Å². The number of para-hydroxylation sites is 1. The molecule has 30 heavy (non-hydrogen) atoms. The Labute approximate surface area is 178 Å². The molecule has 162 valence electrons. The highest BCUT2D eigenvalue weighted by molar-refractivity contribution is 7.89. The number of ether oxygens (including phenoxy) is 2. The fourth-order valence-corrected chi connectivity index (χ4v) is 5.38. The first-order valence-corrected chi connectivity index (χ1v) is 11.5. The van der Waals surface area contributed by atoms with Gasteiger partial charge in [-0.25, -0.2) is 8.42 Å². The van der Waals surface area contributed by atoms with Crippen LogP contribution in [-0.4, -0.2) is 45.9 Å². The molecule has 3 rings (SSSR count). The Bertz CT molecular complexity index is 1010. The highest BCUT2D eigenvalue weighted by atomic mass is 32.2. The van der Waals surface area contributed by atoms with E-state index in [0.29, 0.717) is 25.1 Å². The van der Waals surface area contributed by atoms with E-state index >= 15 is 0 Å². The molecule has 8 heteroatoms. The maximum Gasteiger partial charge on any atom is 0.246 e. The van der Waals surface area contributed by atoms with Crippen molar-refractivity contribution in [3.8, 4) is 11.5 Å². The van der Waals surface area contributed by atoms with Crippen molar-refractivity contribution in [3.05, 3.63) is 48.0 Å². The van der Waals surface area contributed by atoms with E-state index in [0.717, 1.165) is 17.7 Å². The number of benzene rings is 2. The van der Waals surface area contributed by atoms with Crippen LogP contribution in [0.3, 0.4) is 0 Å².